The Morgan fingerprint density at radius 2 is 1.81 bits per heavy atom. The van der Waals surface area contributed by atoms with Gasteiger partial charge in [0.05, 0.1) is 36.3 Å². The second kappa shape index (κ2) is 12.2. The Balaban J connectivity index is 1.89. The van der Waals surface area contributed by atoms with E-state index in [-0.39, 0.29) is 6.61 Å². The Labute approximate surface area is 190 Å². The summed E-state index contributed by atoms with van der Waals surface area (Å²) in [5.41, 5.74) is 2.84. The largest absolute Gasteiger partial charge is 0.439 e. The highest BCUT2D eigenvalue weighted by Crippen LogP contribution is 2.31. The van der Waals surface area contributed by atoms with Gasteiger partial charge in [-0.1, -0.05) is 49.4 Å². The van der Waals surface area contributed by atoms with E-state index in [1.807, 2.05) is 72.3 Å². The van der Waals surface area contributed by atoms with Crippen molar-refractivity contribution in [2.45, 2.75) is 32.9 Å². The predicted molar refractivity (Wildman–Crippen MR) is 127 cm³/mol. The fraction of sp³-hybridized carbons (Fsp3) is 0.346. The molecule has 32 heavy (non-hydrogen) atoms. The topological polar surface area (TPSA) is 59.8 Å². The van der Waals surface area contributed by atoms with Crippen molar-refractivity contribution in [3.05, 3.63) is 84.6 Å². The van der Waals surface area contributed by atoms with Gasteiger partial charge in [0.1, 0.15) is 5.75 Å². The highest BCUT2D eigenvalue weighted by atomic mass is 16.5. The molecule has 1 heterocycles. The van der Waals surface area contributed by atoms with E-state index in [2.05, 4.69) is 18.4 Å². The molecule has 0 amide bonds. The molecule has 0 saturated carbocycles. The van der Waals surface area contributed by atoms with E-state index in [9.17, 15) is 5.11 Å². The Morgan fingerprint density at radius 1 is 1.12 bits per heavy atom. The number of aliphatic hydroxyl groups excluding tert-OH is 1. The number of benzene rings is 2. The number of aliphatic hydroxyl groups is 1. The molecule has 0 unspecified atom stereocenters. The van der Waals surface area contributed by atoms with Crippen molar-refractivity contribution in [2.24, 2.45) is 0 Å². The summed E-state index contributed by atoms with van der Waals surface area (Å²) in [5, 5.41) is 15.3. The lowest BCUT2D eigenvalue weighted by molar-refractivity contribution is 0.0244. The maximum Gasteiger partial charge on any atom is 0.227 e. The summed E-state index contributed by atoms with van der Waals surface area (Å²) in [6.07, 6.45) is 2.08. The van der Waals surface area contributed by atoms with Crippen LogP contribution in [0, 0.1) is 6.92 Å². The molecule has 170 valence electrons. The minimum atomic E-state index is -0.579. The van der Waals surface area contributed by atoms with Gasteiger partial charge < -0.3 is 14.6 Å². The first-order valence-corrected chi connectivity index (χ1v) is 11.1. The average Bonchev–Trinajstić information content (AvgIpc) is 3.10. The molecule has 6 nitrogen and oxygen atoms in total. The molecule has 3 rings (SSSR count). The minimum Gasteiger partial charge on any atom is -0.439 e. The number of aryl methyl sites for hydroxylation is 1. The van der Waals surface area contributed by atoms with Gasteiger partial charge in [-0.05, 0) is 44.2 Å². The molecular formula is C26H33N3O3. The normalized spacial score (nSPS) is 12.1. The van der Waals surface area contributed by atoms with Crippen LogP contribution in [-0.4, -0.2) is 52.2 Å². The van der Waals surface area contributed by atoms with Crippen molar-refractivity contribution in [2.75, 3.05) is 26.3 Å². The summed E-state index contributed by atoms with van der Waals surface area (Å²) < 4.78 is 13.6. The van der Waals surface area contributed by atoms with Crippen molar-refractivity contribution in [1.29, 1.82) is 0 Å². The predicted octanol–water partition coefficient (Wildman–Crippen LogP) is 4.75. The second-order valence-electron chi connectivity index (χ2n) is 7.75. The monoisotopic (exact) mass is 435 g/mol. The zero-order valence-electron chi connectivity index (χ0n) is 19.0. The zero-order valence-corrected chi connectivity index (χ0v) is 19.0. The van der Waals surface area contributed by atoms with Crippen molar-refractivity contribution in [3.8, 4) is 17.3 Å². The number of hydrogen-bond donors (Lipinski definition) is 1. The number of ether oxygens (including phenoxy) is 2. The summed E-state index contributed by atoms with van der Waals surface area (Å²) in [7, 11) is 0. The van der Waals surface area contributed by atoms with E-state index in [0.717, 1.165) is 35.7 Å². The Morgan fingerprint density at radius 3 is 2.47 bits per heavy atom. The van der Waals surface area contributed by atoms with Crippen LogP contribution in [0.1, 0.15) is 24.6 Å². The van der Waals surface area contributed by atoms with Gasteiger partial charge in [0.25, 0.3) is 0 Å². The van der Waals surface area contributed by atoms with E-state index in [1.54, 1.807) is 6.08 Å². The molecular weight excluding hydrogens is 402 g/mol. The summed E-state index contributed by atoms with van der Waals surface area (Å²) in [5.74, 6) is 1.45. The Bertz CT molecular complexity index is 957. The van der Waals surface area contributed by atoms with E-state index in [1.165, 1.54) is 0 Å². The maximum absolute atomic E-state index is 10.5. The average molecular weight is 436 g/mol. The molecule has 0 saturated heterocycles. The fourth-order valence-corrected chi connectivity index (χ4v) is 3.58. The van der Waals surface area contributed by atoms with Crippen LogP contribution in [0.3, 0.4) is 0 Å². The maximum atomic E-state index is 10.5. The van der Waals surface area contributed by atoms with Crippen LogP contribution in [0.15, 0.2) is 73.3 Å². The first-order chi connectivity index (χ1) is 15.6. The van der Waals surface area contributed by atoms with Gasteiger partial charge in [0, 0.05) is 13.1 Å². The molecule has 0 fully saturated rings. The van der Waals surface area contributed by atoms with Crippen LogP contribution in [-0.2, 0) is 11.3 Å². The van der Waals surface area contributed by atoms with Gasteiger partial charge in [-0.25, -0.2) is 4.68 Å². The molecule has 1 aromatic heterocycles. The van der Waals surface area contributed by atoms with Crippen molar-refractivity contribution < 1.29 is 14.6 Å². The lowest BCUT2D eigenvalue weighted by Crippen LogP contribution is -2.35. The van der Waals surface area contributed by atoms with Crippen LogP contribution >= 0.6 is 0 Å². The number of para-hydroxylation sites is 2. The molecule has 3 aromatic rings. The molecule has 1 N–H and O–H groups in total. The lowest BCUT2D eigenvalue weighted by Gasteiger charge is -2.25. The van der Waals surface area contributed by atoms with Crippen molar-refractivity contribution in [1.82, 2.24) is 14.7 Å². The molecule has 0 aliphatic rings. The Kier molecular flexibility index (Phi) is 9.04. The van der Waals surface area contributed by atoms with E-state index in [4.69, 9.17) is 14.6 Å². The van der Waals surface area contributed by atoms with Crippen LogP contribution in [0.4, 0.5) is 0 Å². The van der Waals surface area contributed by atoms with Crippen LogP contribution < -0.4 is 4.74 Å². The van der Waals surface area contributed by atoms with Gasteiger partial charge >= 0.3 is 0 Å². The van der Waals surface area contributed by atoms with E-state index < -0.39 is 6.10 Å². The second-order valence-corrected chi connectivity index (χ2v) is 7.75. The summed E-state index contributed by atoms with van der Waals surface area (Å²) >= 11 is 0. The molecule has 0 aliphatic heterocycles. The fourth-order valence-electron chi connectivity index (χ4n) is 3.58. The van der Waals surface area contributed by atoms with Gasteiger partial charge in [0.2, 0.25) is 5.88 Å². The molecule has 0 bridgehead atoms. The standard InChI is InChI=1S/C26H33N3O3/c1-4-16-28(18-23(30)20-31-17-5-2)19-25-21(3)27-29(22-12-8-6-9-13-22)26(25)32-24-14-10-7-11-15-24/h5-15,23,30H,2,4,16-20H2,1,3H3/t23-/m0/s1. The van der Waals surface area contributed by atoms with Gasteiger partial charge in [-0.2, -0.15) is 5.10 Å². The lowest BCUT2D eigenvalue weighted by atomic mass is 10.2. The number of nitrogens with zero attached hydrogens (tertiary/aromatic N) is 3. The van der Waals surface area contributed by atoms with Crippen LogP contribution in [0.25, 0.3) is 5.69 Å². The molecule has 0 radical (unpaired) electrons. The first kappa shape index (κ1) is 23.7. The van der Waals surface area contributed by atoms with Gasteiger partial charge in [-0.15, -0.1) is 6.58 Å². The highest BCUT2D eigenvalue weighted by Gasteiger charge is 2.22. The SMILES string of the molecule is C=CCOC[C@@H](O)CN(CCC)Cc1c(C)nn(-c2ccccc2)c1Oc1ccccc1. The molecule has 0 spiro atoms. The first-order valence-electron chi connectivity index (χ1n) is 11.1. The quantitative estimate of drug-likeness (QED) is 0.310. The summed E-state index contributed by atoms with van der Waals surface area (Å²) in [6.45, 7) is 10.5. The molecule has 2 aromatic carbocycles. The smallest absolute Gasteiger partial charge is 0.227 e. The Hall–Kier alpha value is -2.93. The van der Waals surface area contributed by atoms with Gasteiger partial charge in [0.15, 0.2) is 0 Å². The minimum absolute atomic E-state index is 0.280. The third kappa shape index (κ3) is 6.53. The number of rotatable bonds is 13. The highest BCUT2D eigenvalue weighted by molar-refractivity contribution is 5.43. The summed E-state index contributed by atoms with van der Waals surface area (Å²) in [6, 6.07) is 19.7. The van der Waals surface area contributed by atoms with Gasteiger partial charge in [-0.3, -0.25) is 4.90 Å². The molecule has 0 aliphatic carbocycles. The number of hydrogen-bond acceptors (Lipinski definition) is 5. The van der Waals surface area contributed by atoms with Crippen LogP contribution in [0.5, 0.6) is 11.6 Å². The number of aromatic nitrogens is 2. The van der Waals surface area contributed by atoms with Crippen molar-refractivity contribution >= 4 is 0 Å². The molecule has 6 heteroatoms. The molecule has 1 atom stereocenters. The van der Waals surface area contributed by atoms with Crippen molar-refractivity contribution in [3.63, 3.8) is 0 Å². The van der Waals surface area contributed by atoms with Crippen LogP contribution in [0.2, 0.25) is 0 Å². The summed E-state index contributed by atoms with van der Waals surface area (Å²) in [4.78, 5) is 2.22. The third-order valence-corrected chi connectivity index (χ3v) is 5.03. The third-order valence-electron chi connectivity index (χ3n) is 5.03. The van der Waals surface area contributed by atoms with E-state index >= 15 is 0 Å². The zero-order chi connectivity index (χ0) is 22.8. The van der Waals surface area contributed by atoms with E-state index in [0.29, 0.717) is 25.6 Å².